The van der Waals surface area contributed by atoms with Gasteiger partial charge in [0.25, 0.3) is 0 Å². The molecule has 0 aliphatic carbocycles. The normalized spacial score (nSPS) is 13.8. The summed E-state index contributed by atoms with van der Waals surface area (Å²) >= 11 is 0. The Bertz CT molecular complexity index is 1060. The molecule has 3 heteroatoms. The van der Waals surface area contributed by atoms with Gasteiger partial charge in [0, 0.05) is 6.04 Å². The smallest absolute Gasteiger partial charge is 0.173 e. The number of hydrogen-bond donors (Lipinski definition) is 1. The van der Waals surface area contributed by atoms with Crippen molar-refractivity contribution in [3.8, 4) is 0 Å². The number of aliphatic hydroxyl groups is 1. The first-order valence-electron chi connectivity index (χ1n) is 9.34. The second-order valence-electron chi connectivity index (χ2n) is 7.33. The fraction of sp³-hybridized carbons (Fsp3) is 0.208. The third kappa shape index (κ3) is 2.84. The largest absolute Gasteiger partial charge is 0.373 e. The lowest BCUT2D eigenvalue weighted by Crippen LogP contribution is -2.33. The molecule has 0 spiro atoms. The van der Waals surface area contributed by atoms with Crippen molar-refractivity contribution in [3.05, 3.63) is 101 Å². The van der Waals surface area contributed by atoms with Gasteiger partial charge >= 0.3 is 0 Å². The van der Waals surface area contributed by atoms with Crippen molar-refractivity contribution < 1.29 is 5.11 Å². The van der Waals surface area contributed by atoms with Gasteiger partial charge in [0.1, 0.15) is 0 Å². The van der Waals surface area contributed by atoms with E-state index < -0.39 is 5.60 Å². The van der Waals surface area contributed by atoms with Crippen LogP contribution in [0.2, 0.25) is 0 Å². The standard InChI is InChI=1S/C24H24N2O/c1-17(2)26-22-12-8-7-11-21(22)25-23(26)24(27,19-9-5-4-6-10-19)20-15-13-18(3)14-16-20/h4-17,27H,1-3H3. The number of aryl methyl sites for hydroxylation is 1. The Hall–Kier alpha value is -2.91. The summed E-state index contributed by atoms with van der Waals surface area (Å²) in [5, 5.41) is 12.2. The molecule has 4 rings (SSSR count). The summed E-state index contributed by atoms with van der Waals surface area (Å²) in [6.07, 6.45) is 0. The number of benzene rings is 3. The summed E-state index contributed by atoms with van der Waals surface area (Å²) in [5.41, 5.74) is 3.37. The summed E-state index contributed by atoms with van der Waals surface area (Å²) in [7, 11) is 0. The zero-order chi connectivity index (χ0) is 19.0. The zero-order valence-electron chi connectivity index (χ0n) is 15.9. The lowest BCUT2D eigenvalue weighted by molar-refractivity contribution is 0.110. The first-order chi connectivity index (χ1) is 13.0. The van der Waals surface area contributed by atoms with Crippen LogP contribution in [0.5, 0.6) is 0 Å². The fourth-order valence-corrected chi connectivity index (χ4v) is 3.72. The summed E-state index contributed by atoms with van der Waals surface area (Å²) < 4.78 is 2.14. The van der Waals surface area contributed by atoms with E-state index in [1.54, 1.807) is 0 Å². The van der Waals surface area contributed by atoms with Gasteiger partial charge in [0.15, 0.2) is 11.4 Å². The Morgan fingerprint density at radius 2 is 1.41 bits per heavy atom. The van der Waals surface area contributed by atoms with E-state index in [1.165, 1.54) is 0 Å². The van der Waals surface area contributed by atoms with Crippen LogP contribution in [-0.2, 0) is 5.60 Å². The Balaban J connectivity index is 2.07. The summed E-state index contributed by atoms with van der Waals surface area (Å²) in [5.74, 6) is 0.647. The molecule has 136 valence electrons. The van der Waals surface area contributed by atoms with E-state index in [4.69, 9.17) is 4.98 Å². The van der Waals surface area contributed by atoms with Gasteiger partial charge in [-0.1, -0.05) is 72.3 Å². The molecule has 0 saturated carbocycles. The highest BCUT2D eigenvalue weighted by molar-refractivity contribution is 5.77. The van der Waals surface area contributed by atoms with E-state index in [9.17, 15) is 5.11 Å². The molecule has 0 radical (unpaired) electrons. The molecule has 3 aromatic carbocycles. The molecule has 0 fully saturated rings. The molecule has 0 amide bonds. The predicted octanol–water partition coefficient (Wildman–Crippen LogP) is 5.21. The number of nitrogens with zero attached hydrogens (tertiary/aromatic N) is 2. The van der Waals surface area contributed by atoms with Gasteiger partial charge in [0.2, 0.25) is 0 Å². The Labute approximate surface area is 159 Å². The molecule has 0 bridgehead atoms. The molecule has 3 nitrogen and oxygen atoms in total. The summed E-state index contributed by atoms with van der Waals surface area (Å²) in [6.45, 7) is 6.30. The van der Waals surface area contributed by atoms with Crippen molar-refractivity contribution >= 4 is 11.0 Å². The molecule has 0 aliphatic heterocycles. The van der Waals surface area contributed by atoms with Crippen molar-refractivity contribution in [3.63, 3.8) is 0 Å². The minimum absolute atomic E-state index is 0.160. The van der Waals surface area contributed by atoms with Crippen LogP contribution >= 0.6 is 0 Å². The van der Waals surface area contributed by atoms with Crippen molar-refractivity contribution in [1.82, 2.24) is 9.55 Å². The van der Waals surface area contributed by atoms with Gasteiger partial charge in [-0.05, 0) is 44.0 Å². The van der Waals surface area contributed by atoms with E-state index in [0.717, 1.165) is 27.7 Å². The topological polar surface area (TPSA) is 38.1 Å². The molecule has 27 heavy (non-hydrogen) atoms. The number of imidazole rings is 1. The SMILES string of the molecule is Cc1ccc(C(O)(c2ccccc2)c2nc3ccccc3n2C(C)C)cc1. The van der Waals surface area contributed by atoms with Gasteiger partial charge in [0.05, 0.1) is 11.0 Å². The van der Waals surface area contributed by atoms with Gasteiger partial charge in [-0.3, -0.25) is 0 Å². The fourth-order valence-electron chi connectivity index (χ4n) is 3.72. The van der Waals surface area contributed by atoms with Gasteiger partial charge < -0.3 is 9.67 Å². The zero-order valence-corrected chi connectivity index (χ0v) is 15.9. The molecule has 0 saturated heterocycles. The molecular formula is C24H24N2O. The Morgan fingerprint density at radius 3 is 2.07 bits per heavy atom. The first kappa shape index (κ1) is 17.5. The quantitative estimate of drug-likeness (QED) is 0.545. The average Bonchev–Trinajstić information content (AvgIpc) is 3.09. The van der Waals surface area contributed by atoms with E-state index >= 15 is 0 Å². The molecule has 1 atom stereocenters. The molecular weight excluding hydrogens is 332 g/mol. The molecule has 4 aromatic rings. The minimum Gasteiger partial charge on any atom is -0.373 e. The van der Waals surface area contributed by atoms with Crippen LogP contribution in [0.1, 0.15) is 42.4 Å². The monoisotopic (exact) mass is 356 g/mol. The minimum atomic E-state index is -1.34. The van der Waals surface area contributed by atoms with Crippen LogP contribution in [0, 0.1) is 6.92 Å². The Kier molecular flexibility index (Phi) is 4.33. The van der Waals surface area contributed by atoms with E-state index in [2.05, 4.69) is 31.4 Å². The van der Waals surface area contributed by atoms with Crippen molar-refractivity contribution in [1.29, 1.82) is 0 Å². The molecule has 1 unspecified atom stereocenters. The van der Waals surface area contributed by atoms with Gasteiger partial charge in [-0.15, -0.1) is 0 Å². The molecule has 0 aliphatic rings. The third-order valence-corrected chi connectivity index (χ3v) is 5.10. The van der Waals surface area contributed by atoms with E-state index in [1.807, 2.05) is 72.8 Å². The van der Waals surface area contributed by atoms with Crippen LogP contribution in [0.15, 0.2) is 78.9 Å². The maximum atomic E-state index is 12.2. The van der Waals surface area contributed by atoms with E-state index in [0.29, 0.717) is 5.82 Å². The summed E-state index contributed by atoms with van der Waals surface area (Å²) in [4.78, 5) is 4.89. The molecule has 1 N–H and O–H groups in total. The van der Waals surface area contributed by atoms with E-state index in [-0.39, 0.29) is 6.04 Å². The highest BCUT2D eigenvalue weighted by Gasteiger charge is 2.39. The van der Waals surface area contributed by atoms with Crippen molar-refractivity contribution in [2.45, 2.75) is 32.4 Å². The highest BCUT2D eigenvalue weighted by atomic mass is 16.3. The molecule has 1 aromatic heterocycles. The van der Waals surface area contributed by atoms with Crippen LogP contribution in [0.4, 0.5) is 0 Å². The van der Waals surface area contributed by atoms with Crippen LogP contribution < -0.4 is 0 Å². The predicted molar refractivity (Wildman–Crippen MR) is 110 cm³/mol. The third-order valence-electron chi connectivity index (χ3n) is 5.10. The Morgan fingerprint density at radius 1 is 0.815 bits per heavy atom. The maximum Gasteiger partial charge on any atom is 0.173 e. The number of aromatic nitrogens is 2. The second-order valence-corrected chi connectivity index (χ2v) is 7.33. The lowest BCUT2D eigenvalue weighted by atomic mass is 9.85. The highest BCUT2D eigenvalue weighted by Crippen LogP contribution is 2.39. The second kappa shape index (κ2) is 6.67. The average molecular weight is 356 g/mol. The number of fused-ring (bicyclic) bond motifs is 1. The van der Waals surface area contributed by atoms with Crippen LogP contribution in [0.3, 0.4) is 0 Å². The van der Waals surface area contributed by atoms with Crippen LogP contribution in [-0.4, -0.2) is 14.7 Å². The number of rotatable bonds is 4. The van der Waals surface area contributed by atoms with Gasteiger partial charge in [-0.2, -0.15) is 0 Å². The maximum absolute atomic E-state index is 12.2. The lowest BCUT2D eigenvalue weighted by Gasteiger charge is -2.31. The summed E-state index contributed by atoms with van der Waals surface area (Å²) in [6, 6.07) is 26.1. The van der Waals surface area contributed by atoms with Crippen molar-refractivity contribution in [2.75, 3.05) is 0 Å². The number of hydrogen-bond acceptors (Lipinski definition) is 2. The first-order valence-corrected chi connectivity index (χ1v) is 9.34. The molecule has 1 heterocycles. The van der Waals surface area contributed by atoms with Gasteiger partial charge in [-0.25, -0.2) is 4.98 Å². The number of para-hydroxylation sites is 2. The van der Waals surface area contributed by atoms with Crippen molar-refractivity contribution in [2.24, 2.45) is 0 Å². The van der Waals surface area contributed by atoms with Crippen LogP contribution in [0.25, 0.3) is 11.0 Å².